The molecular formula is C10H15IN2O2. The molecule has 0 saturated carbocycles. The van der Waals surface area contributed by atoms with Crippen LogP contribution in [-0.2, 0) is 4.84 Å². The van der Waals surface area contributed by atoms with Crippen molar-refractivity contribution >= 4 is 28.6 Å². The number of halogens is 1. The number of hydrogen-bond donors (Lipinski definition) is 0. The van der Waals surface area contributed by atoms with Gasteiger partial charge in [0.1, 0.15) is 0 Å². The van der Waals surface area contributed by atoms with Gasteiger partial charge in [-0.2, -0.15) is 5.06 Å². The van der Waals surface area contributed by atoms with Crippen molar-refractivity contribution in [2.24, 2.45) is 0 Å². The summed E-state index contributed by atoms with van der Waals surface area (Å²) in [5.74, 6) is 0. The van der Waals surface area contributed by atoms with Gasteiger partial charge in [0, 0.05) is 10.1 Å². The first kappa shape index (κ1) is 12.5. The zero-order valence-corrected chi connectivity index (χ0v) is 10.9. The Hall–Kier alpha value is -0.560. The summed E-state index contributed by atoms with van der Waals surface area (Å²) in [6, 6.07) is -0.0182. The molecule has 2 amide bonds. The minimum atomic E-state index is -0.0952. The smallest absolute Gasteiger partial charge is 0.316 e. The van der Waals surface area contributed by atoms with Crippen molar-refractivity contribution in [3.8, 4) is 0 Å². The van der Waals surface area contributed by atoms with E-state index in [1.165, 1.54) is 5.06 Å². The van der Waals surface area contributed by atoms with Gasteiger partial charge in [-0.3, -0.25) is 4.84 Å². The lowest BCUT2D eigenvalue weighted by atomic mass is 10.3. The van der Waals surface area contributed by atoms with E-state index >= 15 is 0 Å². The van der Waals surface area contributed by atoms with Crippen LogP contribution < -0.4 is 0 Å². The quantitative estimate of drug-likeness (QED) is 0.574. The van der Waals surface area contributed by atoms with Crippen molar-refractivity contribution in [2.45, 2.75) is 13.0 Å². The zero-order chi connectivity index (χ0) is 11.4. The third-order valence-electron chi connectivity index (χ3n) is 2.04. The van der Waals surface area contributed by atoms with Gasteiger partial charge < -0.3 is 4.90 Å². The molecule has 1 unspecified atom stereocenters. The van der Waals surface area contributed by atoms with Gasteiger partial charge in [0.05, 0.1) is 19.2 Å². The van der Waals surface area contributed by atoms with Crippen LogP contribution >= 0.6 is 22.6 Å². The Bertz CT molecular complexity index is 281. The second-order valence-corrected chi connectivity index (χ2v) is 4.97. The first-order chi connectivity index (χ1) is 7.06. The van der Waals surface area contributed by atoms with Crippen molar-refractivity contribution in [3.63, 3.8) is 0 Å². The molecule has 0 N–H and O–H groups in total. The summed E-state index contributed by atoms with van der Waals surface area (Å²) in [7, 11) is 0. The molecule has 15 heavy (non-hydrogen) atoms. The third-order valence-corrected chi connectivity index (χ3v) is 2.38. The molecule has 1 atom stereocenters. The van der Waals surface area contributed by atoms with E-state index in [1.807, 2.05) is 6.92 Å². The van der Waals surface area contributed by atoms with Crippen molar-refractivity contribution in [3.05, 3.63) is 22.8 Å². The Balaban J connectivity index is 2.57. The normalized spacial score (nSPS) is 20.9. The first-order valence-corrected chi connectivity index (χ1v) is 5.79. The molecule has 0 aliphatic carbocycles. The van der Waals surface area contributed by atoms with E-state index in [0.717, 1.165) is 3.58 Å². The van der Waals surface area contributed by atoms with Gasteiger partial charge in [-0.25, -0.2) is 4.79 Å². The van der Waals surface area contributed by atoms with Crippen molar-refractivity contribution in [1.82, 2.24) is 9.96 Å². The van der Waals surface area contributed by atoms with Crippen molar-refractivity contribution < 1.29 is 9.63 Å². The number of urea groups is 1. The number of hydrogen-bond acceptors (Lipinski definition) is 2. The Morgan fingerprint density at radius 1 is 1.80 bits per heavy atom. The molecule has 5 heteroatoms. The number of amides is 2. The summed E-state index contributed by atoms with van der Waals surface area (Å²) in [4.78, 5) is 18.8. The molecule has 0 radical (unpaired) electrons. The zero-order valence-electron chi connectivity index (χ0n) is 8.78. The number of carbonyl (C=O) groups excluding carboxylic acids is 1. The fourth-order valence-electron chi connectivity index (χ4n) is 1.45. The number of carbonyl (C=O) groups is 1. The second-order valence-electron chi connectivity index (χ2n) is 3.44. The average Bonchev–Trinajstić information content (AvgIpc) is 2.39. The van der Waals surface area contributed by atoms with Crippen LogP contribution in [0, 0.1) is 0 Å². The fraction of sp³-hybridized carbons (Fsp3) is 0.500. The molecule has 1 fully saturated rings. The van der Waals surface area contributed by atoms with Crippen LogP contribution in [0.15, 0.2) is 22.8 Å². The molecular weight excluding hydrogens is 307 g/mol. The van der Waals surface area contributed by atoms with E-state index in [2.05, 4.69) is 35.7 Å². The van der Waals surface area contributed by atoms with Crippen LogP contribution in [-0.4, -0.2) is 41.7 Å². The predicted octanol–water partition coefficient (Wildman–Crippen LogP) is 2.18. The molecule has 0 aromatic carbocycles. The molecule has 0 aromatic heterocycles. The van der Waals surface area contributed by atoms with E-state index in [1.54, 1.807) is 11.0 Å². The predicted molar refractivity (Wildman–Crippen MR) is 67.6 cm³/mol. The second kappa shape index (κ2) is 5.50. The molecule has 1 aliphatic rings. The van der Waals surface area contributed by atoms with Crippen LogP contribution in [0.2, 0.25) is 0 Å². The highest BCUT2D eigenvalue weighted by Crippen LogP contribution is 2.18. The van der Waals surface area contributed by atoms with E-state index < -0.39 is 0 Å². The number of hydroxylamine groups is 2. The fourth-order valence-corrected chi connectivity index (χ4v) is 1.87. The van der Waals surface area contributed by atoms with Crippen LogP contribution in [0.1, 0.15) is 6.92 Å². The summed E-state index contributed by atoms with van der Waals surface area (Å²) in [5.41, 5.74) is 0. The summed E-state index contributed by atoms with van der Waals surface area (Å²) < 4.78 is 0.943. The average molecular weight is 322 g/mol. The molecule has 1 heterocycles. The summed E-state index contributed by atoms with van der Waals surface area (Å²) in [6.07, 6.45) is 1.62. The first-order valence-electron chi connectivity index (χ1n) is 4.71. The van der Waals surface area contributed by atoms with Gasteiger partial charge in [-0.15, -0.1) is 6.58 Å². The number of rotatable bonds is 5. The Morgan fingerprint density at radius 2 is 2.47 bits per heavy atom. The molecule has 0 aromatic rings. The van der Waals surface area contributed by atoms with Gasteiger partial charge >= 0.3 is 6.03 Å². The van der Waals surface area contributed by atoms with Crippen LogP contribution in [0.5, 0.6) is 0 Å². The minimum absolute atomic E-state index is 0.0770. The largest absolute Gasteiger partial charge is 0.344 e. The molecule has 4 nitrogen and oxygen atoms in total. The molecule has 1 aliphatic heterocycles. The van der Waals surface area contributed by atoms with Crippen LogP contribution in [0.25, 0.3) is 0 Å². The molecule has 1 rings (SSSR count). The highest BCUT2D eigenvalue weighted by atomic mass is 127. The van der Waals surface area contributed by atoms with E-state index in [0.29, 0.717) is 19.7 Å². The lowest BCUT2D eigenvalue weighted by molar-refractivity contribution is -0.114. The van der Waals surface area contributed by atoms with Crippen LogP contribution in [0.3, 0.4) is 0 Å². The molecule has 0 bridgehead atoms. The lowest BCUT2D eigenvalue weighted by Crippen LogP contribution is -2.34. The maximum Gasteiger partial charge on any atom is 0.344 e. The van der Waals surface area contributed by atoms with E-state index in [4.69, 9.17) is 4.84 Å². The van der Waals surface area contributed by atoms with E-state index in [9.17, 15) is 4.79 Å². The van der Waals surface area contributed by atoms with E-state index in [-0.39, 0.29) is 12.1 Å². The molecule has 1 saturated heterocycles. The molecule has 0 spiro atoms. The maximum absolute atomic E-state index is 11.8. The van der Waals surface area contributed by atoms with Gasteiger partial charge in [-0.1, -0.05) is 12.7 Å². The van der Waals surface area contributed by atoms with Crippen LogP contribution in [0.4, 0.5) is 4.79 Å². The SMILES string of the molecule is C=CCON1C(=O)N(CC(=C)I)CC1C. The third kappa shape index (κ3) is 3.20. The highest BCUT2D eigenvalue weighted by Gasteiger charge is 2.35. The monoisotopic (exact) mass is 322 g/mol. The summed E-state index contributed by atoms with van der Waals surface area (Å²) in [5, 5.41) is 1.40. The minimum Gasteiger partial charge on any atom is -0.316 e. The van der Waals surface area contributed by atoms with Gasteiger partial charge in [0.2, 0.25) is 0 Å². The topological polar surface area (TPSA) is 32.8 Å². The van der Waals surface area contributed by atoms with Crippen molar-refractivity contribution in [2.75, 3.05) is 19.7 Å². The number of nitrogens with zero attached hydrogens (tertiary/aromatic N) is 2. The molecule has 84 valence electrons. The Labute approximate surface area is 104 Å². The Morgan fingerprint density at radius 3 is 3.00 bits per heavy atom. The van der Waals surface area contributed by atoms with Gasteiger partial charge in [-0.05, 0) is 29.5 Å². The Kier molecular flexibility index (Phi) is 4.59. The van der Waals surface area contributed by atoms with Crippen molar-refractivity contribution in [1.29, 1.82) is 0 Å². The standard InChI is InChI=1S/C10H15IN2O2/c1-4-5-15-13-9(3)7-12(10(13)14)6-8(2)11/h4,9H,1-2,5-7H2,3H3. The van der Waals surface area contributed by atoms with Gasteiger partial charge in [0.25, 0.3) is 0 Å². The summed E-state index contributed by atoms with van der Waals surface area (Å²) in [6.45, 7) is 10.9. The lowest BCUT2D eigenvalue weighted by Gasteiger charge is -2.18. The van der Waals surface area contributed by atoms with Gasteiger partial charge in [0.15, 0.2) is 0 Å². The summed E-state index contributed by atoms with van der Waals surface area (Å²) >= 11 is 2.12. The highest BCUT2D eigenvalue weighted by molar-refractivity contribution is 14.1. The maximum atomic E-state index is 11.8.